The molecule has 1 aliphatic rings. The Kier molecular flexibility index (Phi) is 4.10. The van der Waals surface area contributed by atoms with Crippen LogP contribution in [0.1, 0.15) is 19.4 Å². The maximum atomic E-state index is 12.1. The van der Waals surface area contributed by atoms with Gasteiger partial charge < -0.3 is 14.9 Å². The molecule has 1 heterocycles. The van der Waals surface area contributed by atoms with Crippen molar-refractivity contribution in [1.82, 2.24) is 4.90 Å². The number of hydrogen-bond donors (Lipinski definition) is 1. The smallest absolute Gasteiger partial charge is 0.247 e. The molecule has 0 spiro atoms. The quantitative estimate of drug-likeness (QED) is 0.892. The maximum absolute atomic E-state index is 12.1. The van der Waals surface area contributed by atoms with Gasteiger partial charge in [-0.1, -0.05) is 19.1 Å². The third-order valence-electron chi connectivity index (χ3n) is 3.83. The number of carbonyl (C=O) groups excluding carboxylic acids is 1. The van der Waals surface area contributed by atoms with Crippen LogP contribution in [0.3, 0.4) is 0 Å². The minimum absolute atomic E-state index is 0.0137. The molecule has 0 radical (unpaired) electrons. The predicted molar refractivity (Wildman–Crippen MR) is 76.3 cm³/mol. The van der Waals surface area contributed by atoms with Crippen molar-refractivity contribution in [3.63, 3.8) is 0 Å². The molecule has 1 aromatic rings. The van der Waals surface area contributed by atoms with Gasteiger partial charge in [0.05, 0.1) is 6.61 Å². The first-order valence-electron chi connectivity index (χ1n) is 6.81. The largest absolute Gasteiger partial charge is 0.394 e. The number of anilines is 1. The van der Waals surface area contributed by atoms with Crippen LogP contribution in [-0.2, 0) is 11.2 Å². The zero-order chi connectivity index (χ0) is 14.0. The number of aryl methyl sites for hydroxylation is 1. The topological polar surface area (TPSA) is 43.8 Å². The van der Waals surface area contributed by atoms with Crippen molar-refractivity contribution in [2.24, 2.45) is 0 Å². The minimum atomic E-state index is -0.471. The number of rotatable bonds is 3. The van der Waals surface area contributed by atoms with Crippen LogP contribution >= 0.6 is 0 Å². The van der Waals surface area contributed by atoms with Gasteiger partial charge in [0.2, 0.25) is 5.91 Å². The number of aliphatic hydroxyl groups excluding tert-OH is 1. The van der Waals surface area contributed by atoms with Gasteiger partial charge in [0.15, 0.2) is 0 Å². The molecule has 104 valence electrons. The molecule has 1 N–H and O–H groups in total. The van der Waals surface area contributed by atoms with Crippen molar-refractivity contribution in [2.75, 3.05) is 25.1 Å². The number of aliphatic hydroxyl groups is 1. The van der Waals surface area contributed by atoms with Crippen molar-refractivity contribution in [3.05, 3.63) is 29.8 Å². The molecule has 1 aliphatic heterocycles. The lowest BCUT2D eigenvalue weighted by Gasteiger charge is -2.44. The summed E-state index contributed by atoms with van der Waals surface area (Å²) in [6.07, 6.45) is 1.00. The fraction of sp³-hybridized carbons (Fsp3) is 0.533. The van der Waals surface area contributed by atoms with Gasteiger partial charge in [-0.25, -0.2) is 0 Å². The van der Waals surface area contributed by atoms with Crippen LogP contribution in [0.4, 0.5) is 5.69 Å². The lowest BCUT2D eigenvalue weighted by molar-refractivity contribution is -0.134. The first-order chi connectivity index (χ1) is 9.08. The fourth-order valence-corrected chi connectivity index (χ4v) is 2.76. The second-order valence-corrected chi connectivity index (χ2v) is 5.19. The SMILES string of the molecule is CCc1ccc(N2C(C)CN(C)C(=O)C2CO)cc1. The Labute approximate surface area is 114 Å². The zero-order valence-electron chi connectivity index (χ0n) is 11.8. The van der Waals surface area contributed by atoms with Gasteiger partial charge in [0.1, 0.15) is 6.04 Å². The predicted octanol–water partition coefficient (Wildman–Crippen LogP) is 1.28. The van der Waals surface area contributed by atoms with Gasteiger partial charge in [0.25, 0.3) is 0 Å². The molecule has 0 bridgehead atoms. The highest BCUT2D eigenvalue weighted by Gasteiger charge is 2.36. The first kappa shape index (κ1) is 13.9. The van der Waals surface area contributed by atoms with Gasteiger partial charge in [0, 0.05) is 25.3 Å². The number of amides is 1. The van der Waals surface area contributed by atoms with Gasteiger partial charge in [-0.15, -0.1) is 0 Å². The highest BCUT2D eigenvalue weighted by molar-refractivity contribution is 5.87. The van der Waals surface area contributed by atoms with Crippen molar-refractivity contribution in [2.45, 2.75) is 32.4 Å². The van der Waals surface area contributed by atoms with Crippen LogP contribution in [-0.4, -0.2) is 48.2 Å². The Morgan fingerprint density at radius 1 is 1.32 bits per heavy atom. The van der Waals surface area contributed by atoms with Crippen LogP contribution in [0, 0.1) is 0 Å². The maximum Gasteiger partial charge on any atom is 0.247 e. The Hall–Kier alpha value is -1.55. The average Bonchev–Trinajstić information content (AvgIpc) is 2.42. The highest BCUT2D eigenvalue weighted by Crippen LogP contribution is 2.25. The molecule has 1 amide bonds. The fourth-order valence-electron chi connectivity index (χ4n) is 2.76. The number of likely N-dealkylation sites (N-methyl/N-ethyl adjacent to an activating group) is 1. The van der Waals surface area contributed by atoms with E-state index < -0.39 is 6.04 Å². The molecule has 2 unspecified atom stereocenters. The summed E-state index contributed by atoms with van der Waals surface area (Å²) in [6, 6.07) is 7.97. The van der Waals surface area contributed by atoms with Gasteiger partial charge >= 0.3 is 0 Å². The second-order valence-electron chi connectivity index (χ2n) is 5.19. The molecule has 1 aromatic carbocycles. The molecular weight excluding hydrogens is 240 g/mol. The highest BCUT2D eigenvalue weighted by atomic mass is 16.3. The van der Waals surface area contributed by atoms with Gasteiger partial charge in [-0.05, 0) is 31.0 Å². The second kappa shape index (κ2) is 5.61. The summed E-state index contributed by atoms with van der Waals surface area (Å²) in [7, 11) is 1.79. The molecule has 2 rings (SSSR count). The van der Waals surface area contributed by atoms with E-state index in [2.05, 4.69) is 26.0 Å². The Bertz CT molecular complexity index is 444. The lowest BCUT2D eigenvalue weighted by atomic mass is 10.0. The van der Waals surface area contributed by atoms with E-state index >= 15 is 0 Å². The van der Waals surface area contributed by atoms with E-state index in [4.69, 9.17) is 0 Å². The molecule has 4 nitrogen and oxygen atoms in total. The molecule has 19 heavy (non-hydrogen) atoms. The van der Waals surface area contributed by atoms with E-state index in [-0.39, 0.29) is 18.6 Å². The molecule has 1 saturated heterocycles. The third kappa shape index (κ3) is 2.59. The van der Waals surface area contributed by atoms with Gasteiger partial charge in [-0.2, -0.15) is 0 Å². The van der Waals surface area contributed by atoms with E-state index in [1.165, 1.54) is 5.56 Å². The first-order valence-corrected chi connectivity index (χ1v) is 6.81. The van der Waals surface area contributed by atoms with Crippen LogP contribution in [0.5, 0.6) is 0 Å². The molecule has 1 fully saturated rings. The minimum Gasteiger partial charge on any atom is -0.394 e. The monoisotopic (exact) mass is 262 g/mol. The van der Waals surface area contributed by atoms with Crippen LogP contribution in [0.15, 0.2) is 24.3 Å². The van der Waals surface area contributed by atoms with Crippen molar-refractivity contribution in [1.29, 1.82) is 0 Å². The summed E-state index contributed by atoms with van der Waals surface area (Å²) in [5, 5.41) is 9.54. The molecular formula is C15H22N2O2. The number of hydrogen-bond acceptors (Lipinski definition) is 3. The number of nitrogens with zero attached hydrogens (tertiary/aromatic N) is 2. The number of piperazine rings is 1. The Morgan fingerprint density at radius 2 is 1.95 bits per heavy atom. The van der Waals surface area contributed by atoms with Crippen LogP contribution in [0.25, 0.3) is 0 Å². The van der Waals surface area contributed by atoms with E-state index in [0.29, 0.717) is 6.54 Å². The summed E-state index contributed by atoms with van der Waals surface area (Å²) in [5.41, 5.74) is 2.28. The Balaban J connectivity index is 2.31. The van der Waals surface area contributed by atoms with E-state index in [1.807, 2.05) is 17.0 Å². The van der Waals surface area contributed by atoms with E-state index in [0.717, 1.165) is 12.1 Å². The standard InChI is InChI=1S/C15H22N2O2/c1-4-12-5-7-13(8-6-12)17-11(2)9-16(3)15(19)14(17)10-18/h5-8,11,14,18H,4,9-10H2,1-3H3. The van der Waals surface area contributed by atoms with Gasteiger partial charge in [-0.3, -0.25) is 4.79 Å². The normalized spacial score (nSPS) is 23.9. The zero-order valence-corrected chi connectivity index (χ0v) is 11.8. The summed E-state index contributed by atoms with van der Waals surface area (Å²) in [4.78, 5) is 15.9. The average molecular weight is 262 g/mol. The summed E-state index contributed by atoms with van der Waals surface area (Å²) >= 11 is 0. The van der Waals surface area contributed by atoms with Crippen molar-refractivity contribution >= 4 is 11.6 Å². The summed E-state index contributed by atoms with van der Waals surface area (Å²) in [6.45, 7) is 4.74. The third-order valence-corrected chi connectivity index (χ3v) is 3.83. The molecule has 0 aromatic heterocycles. The molecule has 4 heteroatoms. The van der Waals surface area contributed by atoms with Crippen LogP contribution in [0.2, 0.25) is 0 Å². The van der Waals surface area contributed by atoms with E-state index in [1.54, 1.807) is 11.9 Å². The summed E-state index contributed by atoms with van der Waals surface area (Å²) < 4.78 is 0. The van der Waals surface area contributed by atoms with Crippen LogP contribution < -0.4 is 4.90 Å². The molecule has 0 saturated carbocycles. The molecule has 2 atom stereocenters. The molecule has 0 aliphatic carbocycles. The lowest BCUT2D eigenvalue weighted by Crippen LogP contribution is -2.61. The van der Waals surface area contributed by atoms with Crippen molar-refractivity contribution < 1.29 is 9.90 Å². The Morgan fingerprint density at radius 3 is 2.47 bits per heavy atom. The van der Waals surface area contributed by atoms with Crippen molar-refractivity contribution in [3.8, 4) is 0 Å². The number of carbonyl (C=O) groups is 1. The number of benzene rings is 1. The summed E-state index contributed by atoms with van der Waals surface area (Å²) in [5.74, 6) is -0.0137. The van der Waals surface area contributed by atoms with E-state index in [9.17, 15) is 9.90 Å².